The molecule has 0 spiro atoms. The number of nitrogens with one attached hydrogen (secondary N) is 3. The minimum absolute atomic E-state index is 0.186. The van der Waals surface area contributed by atoms with E-state index in [4.69, 9.17) is 9.84 Å². The number of carboxylic acids is 1. The molecule has 1 aromatic rings. The lowest BCUT2D eigenvalue weighted by Crippen LogP contribution is -2.35. The van der Waals surface area contributed by atoms with Crippen molar-refractivity contribution in [3.63, 3.8) is 0 Å². The molecule has 0 aliphatic carbocycles. The Morgan fingerprint density at radius 2 is 2.11 bits per heavy atom. The van der Waals surface area contributed by atoms with E-state index in [0.29, 0.717) is 13.0 Å². The minimum Gasteiger partial charge on any atom is -0.477 e. The summed E-state index contributed by atoms with van der Waals surface area (Å²) in [7, 11) is 0. The van der Waals surface area contributed by atoms with Crippen LogP contribution in [0.3, 0.4) is 0 Å². The topological polar surface area (TPSA) is 124 Å². The van der Waals surface area contributed by atoms with Gasteiger partial charge < -0.3 is 15.2 Å². The van der Waals surface area contributed by atoms with Gasteiger partial charge >= 0.3 is 11.7 Å². The van der Waals surface area contributed by atoms with Crippen LogP contribution in [-0.2, 0) is 4.74 Å². The fraction of sp³-hybridized carbons (Fsp3) is 0.500. The molecular formula is C10H13N3O5. The third-order valence-electron chi connectivity index (χ3n) is 2.64. The lowest BCUT2D eigenvalue weighted by Gasteiger charge is -2.24. The Hall–Kier alpha value is -2.09. The molecule has 1 atom stereocenters. The molecule has 0 amide bonds. The fourth-order valence-electron chi connectivity index (χ4n) is 1.80. The molecular weight excluding hydrogens is 242 g/mol. The standard InChI is InChI=1S/C10H13N3O5/c14-8-6(11-5-3-1-2-4-18-5)7(9(15)16)12-10(17)13-8/h5,11H,1-4H2,(H,15,16)(H2,12,13,14,17). The zero-order chi connectivity index (χ0) is 13.1. The second kappa shape index (κ2) is 5.05. The summed E-state index contributed by atoms with van der Waals surface area (Å²) in [6, 6.07) is 0. The Balaban J connectivity index is 2.33. The first-order chi connectivity index (χ1) is 8.58. The maximum atomic E-state index is 11.6. The minimum atomic E-state index is -1.38. The number of anilines is 1. The van der Waals surface area contributed by atoms with E-state index >= 15 is 0 Å². The highest BCUT2D eigenvalue weighted by Gasteiger charge is 2.20. The maximum Gasteiger partial charge on any atom is 0.354 e. The molecule has 0 aromatic carbocycles. The number of aromatic nitrogens is 2. The van der Waals surface area contributed by atoms with E-state index in [1.54, 1.807) is 0 Å². The molecule has 0 saturated carbocycles. The predicted octanol–water partition coefficient (Wildman–Crippen LogP) is -0.300. The molecule has 4 N–H and O–H groups in total. The van der Waals surface area contributed by atoms with Crippen molar-refractivity contribution in [2.24, 2.45) is 0 Å². The average Bonchev–Trinajstić information content (AvgIpc) is 2.33. The van der Waals surface area contributed by atoms with Gasteiger partial charge in [-0.05, 0) is 19.3 Å². The van der Waals surface area contributed by atoms with Crippen LogP contribution in [0.15, 0.2) is 9.59 Å². The van der Waals surface area contributed by atoms with Crippen LogP contribution in [0.25, 0.3) is 0 Å². The van der Waals surface area contributed by atoms with Gasteiger partial charge in [0.15, 0.2) is 5.69 Å². The van der Waals surface area contributed by atoms with Gasteiger partial charge in [0.05, 0.1) is 0 Å². The first-order valence-corrected chi connectivity index (χ1v) is 5.56. The van der Waals surface area contributed by atoms with E-state index in [0.717, 1.165) is 12.8 Å². The van der Waals surface area contributed by atoms with E-state index in [2.05, 4.69) is 10.3 Å². The van der Waals surface area contributed by atoms with Crippen molar-refractivity contribution in [1.82, 2.24) is 9.97 Å². The normalized spacial score (nSPS) is 19.4. The summed E-state index contributed by atoms with van der Waals surface area (Å²) < 4.78 is 5.35. The summed E-state index contributed by atoms with van der Waals surface area (Å²) in [5.74, 6) is -1.38. The number of ether oxygens (including phenoxy) is 1. The van der Waals surface area contributed by atoms with Crippen LogP contribution < -0.4 is 16.6 Å². The summed E-state index contributed by atoms with van der Waals surface area (Å²) in [5.41, 5.74) is -2.27. The van der Waals surface area contributed by atoms with E-state index in [1.165, 1.54) is 0 Å². The summed E-state index contributed by atoms with van der Waals surface area (Å²) in [5, 5.41) is 11.6. The Morgan fingerprint density at radius 1 is 1.33 bits per heavy atom. The first kappa shape index (κ1) is 12.4. The van der Waals surface area contributed by atoms with Crippen LogP contribution >= 0.6 is 0 Å². The van der Waals surface area contributed by atoms with Crippen LogP contribution in [0.4, 0.5) is 5.69 Å². The molecule has 1 unspecified atom stereocenters. The first-order valence-electron chi connectivity index (χ1n) is 5.56. The lowest BCUT2D eigenvalue weighted by atomic mass is 10.2. The number of H-pyrrole nitrogens is 2. The quantitative estimate of drug-likeness (QED) is 0.587. The van der Waals surface area contributed by atoms with Crippen molar-refractivity contribution >= 4 is 11.7 Å². The summed E-state index contributed by atoms with van der Waals surface area (Å²) in [6.07, 6.45) is 2.13. The van der Waals surface area contributed by atoms with E-state index in [9.17, 15) is 14.4 Å². The van der Waals surface area contributed by atoms with Crippen molar-refractivity contribution in [3.8, 4) is 0 Å². The van der Waals surface area contributed by atoms with E-state index in [1.807, 2.05) is 4.98 Å². The van der Waals surface area contributed by atoms with Gasteiger partial charge in [-0.2, -0.15) is 0 Å². The molecule has 8 heteroatoms. The lowest BCUT2D eigenvalue weighted by molar-refractivity contribution is 0.0341. The zero-order valence-electron chi connectivity index (χ0n) is 9.49. The monoisotopic (exact) mass is 255 g/mol. The van der Waals surface area contributed by atoms with Gasteiger partial charge in [0.2, 0.25) is 0 Å². The van der Waals surface area contributed by atoms with Crippen LogP contribution in [0.5, 0.6) is 0 Å². The maximum absolute atomic E-state index is 11.6. The summed E-state index contributed by atoms with van der Waals surface area (Å²) >= 11 is 0. The van der Waals surface area contributed by atoms with Crippen molar-refractivity contribution in [3.05, 3.63) is 26.5 Å². The summed E-state index contributed by atoms with van der Waals surface area (Å²) in [4.78, 5) is 37.6. The molecule has 1 aliphatic rings. The summed E-state index contributed by atoms with van der Waals surface area (Å²) in [6.45, 7) is 0.557. The van der Waals surface area contributed by atoms with Gasteiger partial charge in [-0.25, -0.2) is 9.59 Å². The number of aromatic amines is 2. The number of carbonyl (C=O) groups is 1. The molecule has 1 fully saturated rings. The molecule has 1 aliphatic heterocycles. The van der Waals surface area contributed by atoms with Gasteiger partial charge in [0, 0.05) is 6.61 Å². The fourth-order valence-corrected chi connectivity index (χ4v) is 1.80. The Kier molecular flexibility index (Phi) is 3.47. The predicted molar refractivity (Wildman–Crippen MR) is 61.9 cm³/mol. The second-order valence-corrected chi connectivity index (χ2v) is 3.96. The van der Waals surface area contributed by atoms with Crippen LogP contribution in [-0.4, -0.2) is 33.9 Å². The highest BCUT2D eigenvalue weighted by atomic mass is 16.5. The van der Waals surface area contributed by atoms with Gasteiger partial charge in [-0.1, -0.05) is 0 Å². The van der Waals surface area contributed by atoms with E-state index < -0.39 is 29.1 Å². The molecule has 98 valence electrons. The van der Waals surface area contributed by atoms with Crippen molar-refractivity contribution in [1.29, 1.82) is 0 Å². The van der Waals surface area contributed by atoms with Gasteiger partial charge in [-0.3, -0.25) is 14.8 Å². The highest BCUT2D eigenvalue weighted by molar-refractivity contribution is 5.91. The molecule has 1 aromatic heterocycles. The number of hydrogen-bond acceptors (Lipinski definition) is 5. The number of rotatable bonds is 3. The molecule has 18 heavy (non-hydrogen) atoms. The van der Waals surface area contributed by atoms with Crippen LogP contribution in [0.2, 0.25) is 0 Å². The van der Waals surface area contributed by atoms with Gasteiger partial charge in [0.25, 0.3) is 5.56 Å². The SMILES string of the molecule is O=C(O)c1[nH]c(=O)[nH]c(=O)c1NC1CCCCO1. The Bertz CT molecular complexity index is 555. The number of hydrogen-bond donors (Lipinski definition) is 4. The number of aromatic carboxylic acids is 1. The van der Waals surface area contributed by atoms with E-state index in [-0.39, 0.29) is 5.69 Å². The van der Waals surface area contributed by atoms with Crippen molar-refractivity contribution < 1.29 is 14.6 Å². The third-order valence-corrected chi connectivity index (χ3v) is 2.64. The van der Waals surface area contributed by atoms with Crippen molar-refractivity contribution in [2.45, 2.75) is 25.5 Å². The third kappa shape index (κ3) is 2.59. The zero-order valence-corrected chi connectivity index (χ0v) is 9.49. The molecule has 1 saturated heterocycles. The largest absolute Gasteiger partial charge is 0.477 e. The van der Waals surface area contributed by atoms with Gasteiger partial charge in [0.1, 0.15) is 11.9 Å². The Morgan fingerprint density at radius 3 is 2.72 bits per heavy atom. The highest BCUT2D eigenvalue weighted by Crippen LogP contribution is 2.15. The molecule has 8 nitrogen and oxygen atoms in total. The number of carboxylic acid groups (broad SMARTS) is 1. The molecule has 0 radical (unpaired) electrons. The van der Waals surface area contributed by atoms with Crippen LogP contribution in [0.1, 0.15) is 29.8 Å². The Labute approximate surface area is 101 Å². The molecule has 0 bridgehead atoms. The second-order valence-electron chi connectivity index (χ2n) is 3.96. The molecule has 2 rings (SSSR count). The van der Waals surface area contributed by atoms with Gasteiger partial charge in [-0.15, -0.1) is 0 Å². The average molecular weight is 255 g/mol. The molecule has 2 heterocycles. The smallest absolute Gasteiger partial charge is 0.354 e. The van der Waals surface area contributed by atoms with Crippen molar-refractivity contribution in [2.75, 3.05) is 11.9 Å². The van der Waals surface area contributed by atoms with Crippen LogP contribution in [0, 0.1) is 0 Å².